The van der Waals surface area contributed by atoms with E-state index in [2.05, 4.69) is 43.4 Å². The SMILES string of the molecule is CCCc1ccc(C(C)NC2CCOCC2)cc1. The molecular weight excluding hydrogens is 222 g/mol. The van der Waals surface area contributed by atoms with Crippen LogP contribution in [-0.2, 0) is 11.2 Å². The lowest BCUT2D eigenvalue weighted by molar-refractivity contribution is 0.0754. The minimum Gasteiger partial charge on any atom is -0.381 e. The number of benzene rings is 1. The Kier molecular flexibility index (Phi) is 5.21. The Hall–Kier alpha value is -0.860. The molecule has 0 amide bonds. The molecular formula is C16H25NO. The first-order chi connectivity index (χ1) is 8.79. The zero-order valence-corrected chi connectivity index (χ0v) is 11.6. The van der Waals surface area contributed by atoms with Gasteiger partial charge in [0, 0.05) is 25.3 Å². The second-order valence-corrected chi connectivity index (χ2v) is 5.27. The molecule has 2 rings (SSSR count). The fourth-order valence-electron chi connectivity index (χ4n) is 2.58. The highest BCUT2D eigenvalue weighted by molar-refractivity contribution is 5.24. The van der Waals surface area contributed by atoms with Crippen molar-refractivity contribution in [3.8, 4) is 0 Å². The van der Waals surface area contributed by atoms with Gasteiger partial charge < -0.3 is 10.1 Å². The van der Waals surface area contributed by atoms with Gasteiger partial charge in [-0.25, -0.2) is 0 Å². The molecule has 1 saturated heterocycles. The molecule has 2 nitrogen and oxygen atoms in total. The fraction of sp³-hybridized carbons (Fsp3) is 0.625. The Bertz CT molecular complexity index is 341. The summed E-state index contributed by atoms with van der Waals surface area (Å²) in [6.45, 7) is 6.28. The monoisotopic (exact) mass is 247 g/mol. The number of hydrogen-bond acceptors (Lipinski definition) is 2. The lowest BCUT2D eigenvalue weighted by atomic mass is 10.0. The van der Waals surface area contributed by atoms with Crippen LogP contribution in [0.1, 0.15) is 50.3 Å². The predicted octanol–water partition coefficient (Wildman–Crippen LogP) is 3.47. The lowest BCUT2D eigenvalue weighted by Crippen LogP contribution is -2.36. The second-order valence-electron chi connectivity index (χ2n) is 5.27. The van der Waals surface area contributed by atoms with Gasteiger partial charge in [-0.3, -0.25) is 0 Å². The van der Waals surface area contributed by atoms with Crippen molar-refractivity contribution in [2.75, 3.05) is 13.2 Å². The van der Waals surface area contributed by atoms with Crippen LogP contribution >= 0.6 is 0 Å². The van der Waals surface area contributed by atoms with Crippen LogP contribution in [0.2, 0.25) is 0 Å². The Balaban J connectivity index is 1.89. The third-order valence-corrected chi connectivity index (χ3v) is 3.73. The molecule has 0 aliphatic carbocycles. The molecule has 1 aromatic carbocycles. The van der Waals surface area contributed by atoms with Gasteiger partial charge in [0.2, 0.25) is 0 Å². The summed E-state index contributed by atoms with van der Waals surface area (Å²) in [4.78, 5) is 0. The van der Waals surface area contributed by atoms with Crippen molar-refractivity contribution >= 4 is 0 Å². The summed E-state index contributed by atoms with van der Waals surface area (Å²) in [6.07, 6.45) is 4.67. The summed E-state index contributed by atoms with van der Waals surface area (Å²) in [5.41, 5.74) is 2.83. The molecule has 100 valence electrons. The van der Waals surface area contributed by atoms with Gasteiger partial charge in [-0.2, -0.15) is 0 Å². The van der Waals surface area contributed by atoms with E-state index in [9.17, 15) is 0 Å². The van der Waals surface area contributed by atoms with E-state index in [1.54, 1.807) is 0 Å². The van der Waals surface area contributed by atoms with Gasteiger partial charge in [-0.1, -0.05) is 37.6 Å². The van der Waals surface area contributed by atoms with Crippen LogP contribution in [0, 0.1) is 0 Å². The van der Waals surface area contributed by atoms with E-state index in [0.29, 0.717) is 12.1 Å². The molecule has 0 aromatic heterocycles. The van der Waals surface area contributed by atoms with Crippen LogP contribution in [0.5, 0.6) is 0 Å². The van der Waals surface area contributed by atoms with Crippen LogP contribution < -0.4 is 5.32 Å². The number of hydrogen-bond donors (Lipinski definition) is 1. The standard InChI is InChI=1S/C16H25NO/c1-3-4-14-5-7-15(8-6-14)13(2)17-16-9-11-18-12-10-16/h5-8,13,16-17H,3-4,9-12H2,1-2H3. The Morgan fingerprint density at radius 1 is 1.22 bits per heavy atom. The van der Waals surface area contributed by atoms with E-state index in [0.717, 1.165) is 26.1 Å². The van der Waals surface area contributed by atoms with Crippen molar-refractivity contribution in [2.45, 2.75) is 51.6 Å². The predicted molar refractivity (Wildman–Crippen MR) is 75.8 cm³/mol. The minimum absolute atomic E-state index is 0.434. The van der Waals surface area contributed by atoms with Gasteiger partial charge in [0.1, 0.15) is 0 Å². The van der Waals surface area contributed by atoms with Gasteiger partial charge in [0.25, 0.3) is 0 Å². The molecule has 1 aliphatic rings. The van der Waals surface area contributed by atoms with E-state index in [4.69, 9.17) is 4.74 Å². The normalized spacial score (nSPS) is 18.8. The maximum absolute atomic E-state index is 5.39. The number of rotatable bonds is 5. The zero-order chi connectivity index (χ0) is 12.8. The highest BCUT2D eigenvalue weighted by Crippen LogP contribution is 2.17. The molecule has 1 atom stereocenters. The van der Waals surface area contributed by atoms with E-state index in [-0.39, 0.29) is 0 Å². The van der Waals surface area contributed by atoms with Gasteiger partial charge >= 0.3 is 0 Å². The molecule has 18 heavy (non-hydrogen) atoms. The van der Waals surface area contributed by atoms with E-state index in [1.165, 1.54) is 24.0 Å². The quantitative estimate of drug-likeness (QED) is 0.860. The van der Waals surface area contributed by atoms with Crippen molar-refractivity contribution in [1.29, 1.82) is 0 Å². The molecule has 0 spiro atoms. The first-order valence-electron chi connectivity index (χ1n) is 7.22. The van der Waals surface area contributed by atoms with Crippen molar-refractivity contribution < 1.29 is 4.74 Å². The van der Waals surface area contributed by atoms with E-state index in [1.807, 2.05) is 0 Å². The minimum atomic E-state index is 0.434. The van der Waals surface area contributed by atoms with Crippen molar-refractivity contribution in [3.05, 3.63) is 35.4 Å². The van der Waals surface area contributed by atoms with Crippen molar-refractivity contribution in [3.63, 3.8) is 0 Å². The third-order valence-electron chi connectivity index (χ3n) is 3.73. The molecule has 1 aliphatic heterocycles. The zero-order valence-electron chi connectivity index (χ0n) is 11.6. The first kappa shape index (κ1) is 13.6. The molecule has 1 fully saturated rings. The molecule has 1 heterocycles. The van der Waals surface area contributed by atoms with Gasteiger partial charge in [-0.05, 0) is 37.3 Å². The smallest absolute Gasteiger partial charge is 0.0480 e. The Morgan fingerprint density at radius 2 is 1.89 bits per heavy atom. The highest BCUT2D eigenvalue weighted by Gasteiger charge is 2.16. The number of aryl methyl sites for hydroxylation is 1. The van der Waals surface area contributed by atoms with Gasteiger partial charge in [0.15, 0.2) is 0 Å². The van der Waals surface area contributed by atoms with Crippen LogP contribution in [0.4, 0.5) is 0 Å². The largest absolute Gasteiger partial charge is 0.381 e. The van der Waals surface area contributed by atoms with Gasteiger partial charge in [-0.15, -0.1) is 0 Å². The average molecular weight is 247 g/mol. The summed E-state index contributed by atoms with van der Waals surface area (Å²) in [6, 6.07) is 10.1. The van der Waals surface area contributed by atoms with Crippen LogP contribution in [0.15, 0.2) is 24.3 Å². The van der Waals surface area contributed by atoms with Crippen LogP contribution in [-0.4, -0.2) is 19.3 Å². The number of ether oxygens (including phenoxy) is 1. The summed E-state index contributed by atoms with van der Waals surface area (Å²) >= 11 is 0. The lowest BCUT2D eigenvalue weighted by Gasteiger charge is -2.27. The Morgan fingerprint density at radius 3 is 2.50 bits per heavy atom. The van der Waals surface area contributed by atoms with Crippen LogP contribution in [0.3, 0.4) is 0 Å². The van der Waals surface area contributed by atoms with E-state index >= 15 is 0 Å². The van der Waals surface area contributed by atoms with Gasteiger partial charge in [0.05, 0.1) is 0 Å². The Labute approximate surface area is 111 Å². The summed E-state index contributed by atoms with van der Waals surface area (Å²) < 4.78 is 5.39. The molecule has 0 saturated carbocycles. The van der Waals surface area contributed by atoms with Crippen LogP contribution in [0.25, 0.3) is 0 Å². The molecule has 1 unspecified atom stereocenters. The molecule has 1 aromatic rings. The molecule has 0 bridgehead atoms. The summed E-state index contributed by atoms with van der Waals surface area (Å²) in [5, 5.41) is 3.71. The number of nitrogens with one attached hydrogen (secondary N) is 1. The van der Waals surface area contributed by atoms with Crippen molar-refractivity contribution in [1.82, 2.24) is 5.32 Å². The first-order valence-corrected chi connectivity index (χ1v) is 7.22. The second kappa shape index (κ2) is 6.91. The van der Waals surface area contributed by atoms with Crippen molar-refractivity contribution in [2.24, 2.45) is 0 Å². The highest BCUT2D eigenvalue weighted by atomic mass is 16.5. The topological polar surface area (TPSA) is 21.3 Å². The maximum atomic E-state index is 5.39. The molecule has 0 radical (unpaired) electrons. The molecule has 1 N–H and O–H groups in total. The maximum Gasteiger partial charge on any atom is 0.0480 e. The average Bonchev–Trinajstić information content (AvgIpc) is 2.41. The van der Waals surface area contributed by atoms with E-state index < -0.39 is 0 Å². The fourth-order valence-corrected chi connectivity index (χ4v) is 2.58. The molecule has 2 heteroatoms. The summed E-state index contributed by atoms with van der Waals surface area (Å²) in [5.74, 6) is 0. The third kappa shape index (κ3) is 3.82. The summed E-state index contributed by atoms with van der Waals surface area (Å²) in [7, 11) is 0.